The summed E-state index contributed by atoms with van der Waals surface area (Å²) in [6, 6.07) is 6.60. The monoisotopic (exact) mass is 335 g/mol. The van der Waals surface area contributed by atoms with Gasteiger partial charge in [-0.25, -0.2) is 9.37 Å². The normalized spacial score (nSPS) is 11.4. The highest BCUT2D eigenvalue weighted by Gasteiger charge is 2.09. The zero-order chi connectivity index (χ0) is 16.8. The zero-order valence-corrected chi connectivity index (χ0v) is 14.7. The van der Waals surface area contributed by atoms with Gasteiger partial charge in [-0.1, -0.05) is 12.1 Å². The summed E-state index contributed by atoms with van der Waals surface area (Å²) >= 11 is 1.61. The summed E-state index contributed by atoms with van der Waals surface area (Å²) in [7, 11) is 7.60. The Kier molecular flexibility index (Phi) is 5.92. The SMILES string of the molecule is CN=C(NCc1csc(N(C)C)n1)N(C)Cc1cccc(F)c1. The van der Waals surface area contributed by atoms with Crippen LogP contribution < -0.4 is 10.2 Å². The molecule has 1 heterocycles. The van der Waals surface area contributed by atoms with E-state index in [-0.39, 0.29) is 5.82 Å². The van der Waals surface area contributed by atoms with Crippen molar-refractivity contribution in [3.05, 3.63) is 46.7 Å². The number of nitrogens with one attached hydrogen (secondary N) is 1. The third kappa shape index (κ3) is 4.92. The quantitative estimate of drug-likeness (QED) is 0.674. The van der Waals surface area contributed by atoms with Gasteiger partial charge in [0.1, 0.15) is 5.82 Å². The van der Waals surface area contributed by atoms with Gasteiger partial charge in [-0.05, 0) is 17.7 Å². The summed E-state index contributed by atoms with van der Waals surface area (Å²) < 4.78 is 13.3. The molecule has 0 radical (unpaired) electrons. The number of hydrogen-bond acceptors (Lipinski definition) is 4. The number of guanidine groups is 1. The van der Waals surface area contributed by atoms with Crippen LogP contribution in [0.3, 0.4) is 0 Å². The first-order valence-electron chi connectivity index (χ1n) is 7.27. The van der Waals surface area contributed by atoms with Crippen molar-refractivity contribution in [2.75, 3.05) is 33.1 Å². The van der Waals surface area contributed by atoms with Gasteiger partial charge in [0.2, 0.25) is 0 Å². The van der Waals surface area contributed by atoms with E-state index in [2.05, 4.69) is 15.3 Å². The molecule has 1 aromatic carbocycles. The molecule has 0 unspecified atom stereocenters. The van der Waals surface area contributed by atoms with Gasteiger partial charge in [-0.15, -0.1) is 11.3 Å². The predicted octanol–water partition coefficient (Wildman–Crippen LogP) is 2.56. The lowest BCUT2D eigenvalue weighted by atomic mass is 10.2. The molecular weight excluding hydrogens is 313 g/mol. The van der Waals surface area contributed by atoms with E-state index in [0.29, 0.717) is 13.1 Å². The number of hydrogen-bond donors (Lipinski definition) is 1. The van der Waals surface area contributed by atoms with Crippen LogP contribution in [0.15, 0.2) is 34.6 Å². The fourth-order valence-corrected chi connectivity index (χ4v) is 2.88. The first kappa shape index (κ1) is 17.2. The van der Waals surface area contributed by atoms with E-state index in [4.69, 9.17) is 0 Å². The van der Waals surface area contributed by atoms with Gasteiger partial charge >= 0.3 is 0 Å². The fourth-order valence-electron chi connectivity index (χ4n) is 2.12. The van der Waals surface area contributed by atoms with Crippen LogP contribution in [0.25, 0.3) is 0 Å². The first-order valence-corrected chi connectivity index (χ1v) is 8.15. The summed E-state index contributed by atoms with van der Waals surface area (Å²) in [4.78, 5) is 12.7. The third-order valence-electron chi connectivity index (χ3n) is 3.23. The molecule has 23 heavy (non-hydrogen) atoms. The first-order chi connectivity index (χ1) is 11.0. The van der Waals surface area contributed by atoms with Gasteiger partial charge in [0.25, 0.3) is 0 Å². The van der Waals surface area contributed by atoms with E-state index in [1.165, 1.54) is 12.1 Å². The standard InChI is InChI=1S/C16H22FN5S/c1-18-15(19-9-14-11-23-16(20-14)21(2)3)22(4)10-12-6-5-7-13(17)8-12/h5-8,11H,9-10H2,1-4H3,(H,18,19). The Labute approximate surface area is 140 Å². The lowest BCUT2D eigenvalue weighted by Crippen LogP contribution is -2.38. The second kappa shape index (κ2) is 7.92. The average Bonchev–Trinajstić information content (AvgIpc) is 2.97. The number of thiazole rings is 1. The summed E-state index contributed by atoms with van der Waals surface area (Å²) in [5, 5.41) is 6.29. The van der Waals surface area contributed by atoms with E-state index in [1.807, 2.05) is 42.4 Å². The lowest BCUT2D eigenvalue weighted by Gasteiger charge is -2.22. The average molecular weight is 335 g/mol. The Morgan fingerprint density at radius 3 is 2.74 bits per heavy atom. The minimum Gasteiger partial charge on any atom is -0.354 e. The van der Waals surface area contributed by atoms with Gasteiger partial charge in [0.05, 0.1) is 12.2 Å². The number of nitrogens with zero attached hydrogens (tertiary/aromatic N) is 4. The van der Waals surface area contributed by atoms with Gasteiger partial charge in [0.15, 0.2) is 11.1 Å². The van der Waals surface area contributed by atoms with Gasteiger partial charge in [0, 0.05) is 40.1 Å². The Bertz CT molecular complexity index is 668. The fraction of sp³-hybridized carbons (Fsp3) is 0.375. The number of halogens is 1. The van der Waals surface area contributed by atoms with E-state index < -0.39 is 0 Å². The lowest BCUT2D eigenvalue weighted by molar-refractivity contribution is 0.474. The molecule has 0 aliphatic rings. The highest BCUT2D eigenvalue weighted by atomic mass is 32.1. The van der Waals surface area contributed by atoms with Crippen LogP contribution in [-0.2, 0) is 13.1 Å². The highest BCUT2D eigenvalue weighted by molar-refractivity contribution is 7.13. The number of rotatable bonds is 5. The molecule has 5 nitrogen and oxygen atoms in total. The Morgan fingerprint density at radius 2 is 2.13 bits per heavy atom. The molecule has 0 spiro atoms. The Morgan fingerprint density at radius 1 is 1.35 bits per heavy atom. The molecule has 0 amide bonds. The topological polar surface area (TPSA) is 43.8 Å². The van der Waals surface area contributed by atoms with Gasteiger partial charge < -0.3 is 15.1 Å². The molecular formula is C16H22FN5S. The molecule has 0 atom stereocenters. The van der Waals surface area contributed by atoms with E-state index in [9.17, 15) is 4.39 Å². The molecule has 0 aliphatic heterocycles. The van der Waals surface area contributed by atoms with E-state index in [1.54, 1.807) is 24.5 Å². The van der Waals surface area contributed by atoms with Crippen LogP contribution in [0.2, 0.25) is 0 Å². The summed E-state index contributed by atoms with van der Waals surface area (Å²) in [5.74, 6) is 0.520. The molecule has 7 heteroatoms. The highest BCUT2D eigenvalue weighted by Crippen LogP contribution is 2.17. The van der Waals surface area contributed by atoms with Crippen molar-refractivity contribution in [2.45, 2.75) is 13.1 Å². The minimum absolute atomic E-state index is 0.225. The summed E-state index contributed by atoms with van der Waals surface area (Å²) in [6.07, 6.45) is 0. The van der Waals surface area contributed by atoms with Crippen molar-refractivity contribution in [2.24, 2.45) is 4.99 Å². The Hall–Kier alpha value is -2.15. The van der Waals surface area contributed by atoms with Crippen LogP contribution >= 0.6 is 11.3 Å². The van der Waals surface area contributed by atoms with Crippen LogP contribution in [0.5, 0.6) is 0 Å². The predicted molar refractivity (Wildman–Crippen MR) is 94.5 cm³/mol. The molecule has 1 N–H and O–H groups in total. The van der Waals surface area contributed by atoms with Crippen molar-refractivity contribution in [3.8, 4) is 0 Å². The molecule has 124 valence electrons. The largest absolute Gasteiger partial charge is 0.354 e. The maximum absolute atomic E-state index is 13.3. The Balaban J connectivity index is 1.93. The van der Waals surface area contributed by atoms with Crippen LogP contribution in [0.4, 0.5) is 9.52 Å². The van der Waals surface area contributed by atoms with Crippen LogP contribution in [0.1, 0.15) is 11.3 Å². The molecule has 0 bridgehead atoms. The third-order valence-corrected chi connectivity index (χ3v) is 4.29. The molecule has 2 rings (SSSR count). The molecule has 0 saturated heterocycles. The van der Waals surface area contributed by atoms with Crippen LogP contribution in [0, 0.1) is 5.82 Å². The molecule has 0 fully saturated rings. The number of benzene rings is 1. The maximum atomic E-state index is 13.3. The zero-order valence-electron chi connectivity index (χ0n) is 13.9. The number of anilines is 1. The van der Waals surface area contributed by atoms with Crippen molar-refractivity contribution in [1.29, 1.82) is 0 Å². The number of aliphatic imine (C=N–C) groups is 1. The minimum atomic E-state index is -0.225. The number of aromatic nitrogens is 1. The van der Waals surface area contributed by atoms with E-state index in [0.717, 1.165) is 22.3 Å². The second-order valence-electron chi connectivity index (χ2n) is 5.40. The molecule has 2 aromatic rings. The van der Waals surface area contributed by atoms with Crippen molar-refractivity contribution in [1.82, 2.24) is 15.2 Å². The van der Waals surface area contributed by atoms with Gasteiger partial charge in [-0.3, -0.25) is 4.99 Å². The van der Waals surface area contributed by atoms with Gasteiger partial charge in [-0.2, -0.15) is 0 Å². The summed E-state index contributed by atoms with van der Waals surface area (Å²) in [6.45, 7) is 1.18. The maximum Gasteiger partial charge on any atom is 0.194 e. The van der Waals surface area contributed by atoms with Crippen LogP contribution in [-0.4, -0.2) is 44.0 Å². The van der Waals surface area contributed by atoms with Crippen molar-refractivity contribution >= 4 is 22.4 Å². The molecule has 1 aromatic heterocycles. The summed E-state index contributed by atoms with van der Waals surface area (Å²) in [5.41, 5.74) is 1.87. The molecule has 0 saturated carbocycles. The van der Waals surface area contributed by atoms with E-state index >= 15 is 0 Å². The second-order valence-corrected chi connectivity index (χ2v) is 6.24. The van der Waals surface area contributed by atoms with Crippen molar-refractivity contribution < 1.29 is 4.39 Å². The smallest absolute Gasteiger partial charge is 0.194 e. The van der Waals surface area contributed by atoms with Crippen molar-refractivity contribution in [3.63, 3.8) is 0 Å². The molecule has 0 aliphatic carbocycles.